The van der Waals surface area contributed by atoms with Crippen LogP contribution in [0.5, 0.6) is 0 Å². The number of rotatable bonds is 4. The summed E-state index contributed by atoms with van der Waals surface area (Å²) in [6, 6.07) is -0.244. The van der Waals surface area contributed by atoms with Crippen molar-refractivity contribution in [2.45, 2.75) is 25.5 Å². The molecule has 0 spiro atoms. The Balaban J connectivity index is 2.26. The molecule has 1 aliphatic rings. The molecule has 1 saturated heterocycles. The number of hydrogen-bond acceptors (Lipinski definition) is 4. The molecule has 0 radical (unpaired) electrons. The van der Waals surface area contributed by atoms with Crippen LogP contribution >= 0.6 is 0 Å². The molecule has 0 saturated carbocycles. The van der Waals surface area contributed by atoms with Crippen molar-refractivity contribution in [3.63, 3.8) is 0 Å². The summed E-state index contributed by atoms with van der Waals surface area (Å²) in [7, 11) is 0. The summed E-state index contributed by atoms with van der Waals surface area (Å²) in [6.07, 6.45) is -1.43. The van der Waals surface area contributed by atoms with Gasteiger partial charge in [-0.3, -0.25) is 0 Å². The largest absolute Gasteiger partial charge is 0.479 e. The fraction of sp³-hybridized carbons (Fsp3) is 0.800. The smallest absolute Gasteiger partial charge is 0.332 e. The summed E-state index contributed by atoms with van der Waals surface area (Å²) in [4.78, 5) is 23.7. The van der Waals surface area contributed by atoms with Gasteiger partial charge in [-0.2, -0.15) is 0 Å². The number of amides is 2. The molecular formula is C10H18N2O5. The molecule has 0 aromatic carbocycles. The number of carbonyl (C=O) groups excluding carboxylic acids is 1. The van der Waals surface area contributed by atoms with Gasteiger partial charge in [0.1, 0.15) is 0 Å². The first-order chi connectivity index (χ1) is 8.02. The third-order valence-electron chi connectivity index (χ3n) is 2.61. The van der Waals surface area contributed by atoms with Gasteiger partial charge in [-0.25, -0.2) is 9.59 Å². The molecule has 7 heteroatoms. The Morgan fingerprint density at radius 1 is 1.59 bits per heavy atom. The Morgan fingerprint density at radius 3 is 2.88 bits per heavy atom. The second kappa shape index (κ2) is 6.41. The van der Waals surface area contributed by atoms with Crippen molar-refractivity contribution in [2.24, 2.45) is 0 Å². The highest BCUT2D eigenvalue weighted by atomic mass is 16.5. The van der Waals surface area contributed by atoms with E-state index in [-0.39, 0.29) is 25.0 Å². The molecule has 0 bridgehead atoms. The van der Waals surface area contributed by atoms with E-state index in [4.69, 9.17) is 14.9 Å². The minimum absolute atomic E-state index is 0.000204. The first-order valence-corrected chi connectivity index (χ1v) is 5.55. The van der Waals surface area contributed by atoms with Crippen LogP contribution in [-0.2, 0) is 9.53 Å². The predicted octanol–water partition coefficient (Wildman–Crippen LogP) is -0.748. The molecule has 2 atom stereocenters. The maximum absolute atomic E-state index is 11.7. The van der Waals surface area contributed by atoms with E-state index in [1.165, 1.54) is 0 Å². The van der Waals surface area contributed by atoms with Crippen LogP contribution in [0.25, 0.3) is 0 Å². The van der Waals surface area contributed by atoms with E-state index in [0.29, 0.717) is 19.8 Å². The molecule has 0 aromatic rings. The lowest BCUT2D eigenvalue weighted by Gasteiger charge is -2.33. The average Bonchev–Trinajstić information content (AvgIpc) is 2.29. The van der Waals surface area contributed by atoms with Crippen LogP contribution in [0.1, 0.15) is 13.3 Å². The zero-order valence-electron chi connectivity index (χ0n) is 9.76. The topological polar surface area (TPSA) is 99.1 Å². The van der Waals surface area contributed by atoms with Gasteiger partial charge >= 0.3 is 12.0 Å². The number of morpholine rings is 1. The first-order valence-electron chi connectivity index (χ1n) is 5.55. The maximum atomic E-state index is 11.7. The van der Waals surface area contributed by atoms with Gasteiger partial charge in [0.15, 0.2) is 6.10 Å². The fourth-order valence-electron chi connectivity index (χ4n) is 1.57. The monoisotopic (exact) mass is 246 g/mol. The highest BCUT2D eigenvalue weighted by Crippen LogP contribution is 2.05. The summed E-state index contributed by atoms with van der Waals surface area (Å²) >= 11 is 0. The molecule has 2 unspecified atom stereocenters. The quantitative estimate of drug-likeness (QED) is 0.606. The zero-order valence-corrected chi connectivity index (χ0v) is 9.76. The summed E-state index contributed by atoms with van der Waals surface area (Å²) in [6.45, 7) is 3.55. The van der Waals surface area contributed by atoms with Crippen molar-refractivity contribution in [2.75, 3.05) is 26.3 Å². The van der Waals surface area contributed by atoms with Gasteiger partial charge in [0.2, 0.25) is 0 Å². The number of aliphatic hydroxyl groups is 1. The molecule has 98 valence electrons. The molecule has 3 N–H and O–H groups in total. The van der Waals surface area contributed by atoms with Crippen molar-refractivity contribution < 1.29 is 24.5 Å². The highest BCUT2D eigenvalue weighted by molar-refractivity contribution is 5.75. The molecule has 7 nitrogen and oxygen atoms in total. The minimum Gasteiger partial charge on any atom is -0.479 e. The first kappa shape index (κ1) is 13.7. The van der Waals surface area contributed by atoms with Gasteiger partial charge in [-0.05, 0) is 6.92 Å². The van der Waals surface area contributed by atoms with Gasteiger partial charge in [-0.15, -0.1) is 0 Å². The number of aliphatic hydroxyl groups excluding tert-OH is 1. The number of urea groups is 1. The standard InChI is InChI=1S/C10H18N2O5/c1-7-6-17-5-4-12(7)10(16)11-3-2-8(13)9(14)15/h7-8,13H,2-6H2,1H3,(H,11,16)(H,14,15). The lowest BCUT2D eigenvalue weighted by Crippen LogP contribution is -2.51. The van der Waals surface area contributed by atoms with Gasteiger partial charge in [0.05, 0.1) is 19.3 Å². The molecular weight excluding hydrogens is 228 g/mol. The van der Waals surface area contributed by atoms with Crippen LogP contribution in [0.3, 0.4) is 0 Å². The second-order valence-electron chi connectivity index (χ2n) is 3.99. The van der Waals surface area contributed by atoms with Gasteiger partial charge < -0.3 is 25.2 Å². The Hall–Kier alpha value is -1.34. The maximum Gasteiger partial charge on any atom is 0.332 e. The van der Waals surface area contributed by atoms with Gasteiger partial charge in [-0.1, -0.05) is 0 Å². The molecule has 17 heavy (non-hydrogen) atoms. The number of carbonyl (C=O) groups is 2. The lowest BCUT2D eigenvalue weighted by molar-refractivity contribution is -0.146. The Bertz CT molecular complexity index is 284. The number of carboxylic acid groups (broad SMARTS) is 1. The van der Waals surface area contributed by atoms with Gasteiger partial charge in [0.25, 0.3) is 0 Å². The van der Waals surface area contributed by atoms with Crippen molar-refractivity contribution in [3.8, 4) is 0 Å². The lowest BCUT2D eigenvalue weighted by atomic mass is 10.2. The summed E-state index contributed by atoms with van der Waals surface area (Å²) < 4.78 is 5.20. The zero-order chi connectivity index (χ0) is 12.8. The van der Waals surface area contributed by atoms with Crippen LogP contribution in [0.4, 0.5) is 4.79 Å². The molecule has 0 aliphatic carbocycles. The third kappa shape index (κ3) is 4.20. The molecule has 1 rings (SSSR count). The Morgan fingerprint density at radius 2 is 2.29 bits per heavy atom. The molecule has 1 heterocycles. The highest BCUT2D eigenvalue weighted by Gasteiger charge is 2.23. The van der Waals surface area contributed by atoms with Crippen LogP contribution in [0.2, 0.25) is 0 Å². The molecule has 1 aliphatic heterocycles. The second-order valence-corrected chi connectivity index (χ2v) is 3.99. The fourth-order valence-corrected chi connectivity index (χ4v) is 1.57. The summed E-state index contributed by atoms with van der Waals surface area (Å²) in [5.74, 6) is -1.28. The van der Waals surface area contributed by atoms with Crippen molar-refractivity contribution in [1.82, 2.24) is 10.2 Å². The third-order valence-corrected chi connectivity index (χ3v) is 2.61. The molecule has 1 fully saturated rings. The van der Waals surface area contributed by atoms with E-state index < -0.39 is 12.1 Å². The van der Waals surface area contributed by atoms with Crippen molar-refractivity contribution in [1.29, 1.82) is 0 Å². The molecule has 0 aromatic heterocycles. The number of nitrogens with zero attached hydrogens (tertiary/aromatic N) is 1. The normalized spacial score (nSPS) is 22.0. The summed E-state index contributed by atoms with van der Waals surface area (Å²) in [5.41, 5.74) is 0. The van der Waals surface area contributed by atoms with E-state index in [1.54, 1.807) is 4.90 Å². The van der Waals surface area contributed by atoms with Crippen molar-refractivity contribution in [3.05, 3.63) is 0 Å². The van der Waals surface area contributed by atoms with E-state index >= 15 is 0 Å². The Labute approximate surface area is 99.4 Å². The predicted molar refractivity (Wildman–Crippen MR) is 58.6 cm³/mol. The van der Waals surface area contributed by atoms with Gasteiger partial charge in [0, 0.05) is 19.5 Å². The number of hydrogen-bond donors (Lipinski definition) is 3. The number of carboxylic acids is 1. The number of aliphatic carboxylic acids is 1. The number of ether oxygens (including phenoxy) is 1. The van der Waals surface area contributed by atoms with Crippen LogP contribution in [0.15, 0.2) is 0 Å². The average molecular weight is 246 g/mol. The minimum atomic E-state index is -1.43. The number of nitrogens with one attached hydrogen (secondary N) is 1. The SMILES string of the molecule is CC1COCCN1C(=O)NCCC(O)C(=O)O. The van der Waals surface area contributed by atoms with Crippen molar-refractivity contribution >= 4 is 12.0 Å². The van der Waals surface area contributed by atoms with E-state index in [1.807, 2.05) is 6.92 Å². The van der Waals surface area contributed by atoms with Crippen LogP contribution in [0, 0.1) is 0 Å². The van der Waals surface area contributed by atoms with Crippen LogP contribution in [-0.4, -0.2) is 65.6 Å². The Kier molecular flexibility index (Phi) is 5.17. The van der Waals surface area contributed by atoms with E-state index in [9.17, 15) is 9.59 Å². The van der Waals surface area contributed by atoms with Crippen LogP contribution < -0.4 is 5.32 Å². The van der Waals surface area contributed by atoms with E-state index in [0.717, 1.165) is 0 Å². The molecule has 2 amide bonds. The van der Waals surface area contributed by atoms with E-state index in [2.05, 4.69) is 5.32 Å². The summed E-state index contributed by atoms with van der Waals surface area (Å²) in [5, 5.41) is 20.0.